The Morgan fingerprint density at radius 3 is 2.81 bits per heavy atom. The lowest BCUT2D eigenvalue weighted by molar-refractivity contribution is -0.123. The highest BCUT2D eigenvalue weighted by atomic mass is 79.9. The van der Waals surface area contributed by atoms with Crippen LogP contribution in [0.5, 0.6) is 0 Å². The van der Waals surface area contributed by atoms with E-state index in [4.69, 9.17) is 0 Å². The lowest BCUT2D eigenvalue weighted by atomic mass is 9.77. The van der Waals surface area contributed by atoms with Crippen molar-refractivity contribution in [3.8, 4) is 0 Å². The third-order valence-corrected chi connectivity index (χ3v) is 5.54. The lowest BCUT2D eigenvalue weighted by Gasteiger charge is -2.39. The van der Waals surface area contributed by atoms with Gasteiger partial charge in [-0.3, -0.25) is 4.79 Å². The first kappa shape index (κ1) is 16.5. The molecule has 1 aliphatic carbocycles. The van der Waals surface area contributed by atoms with Crippen LogP contribution < -0.4 is 5.32 Å². The van der Waals surface area contributed by atoms with Gasteiger partial charge in [-0.25, -0.2) is 0 Å². The van der Waals surface area contributed by atoms with Gasteiger partial charge < -0.3 is 5.32 Å². The van der Waals surface area contributed by atoms with Crippen molar-refractivity contribution < 1.29 is 4.79 Å². The second kappa shape index (κ2) is 7.98. The van der Waals surface area contributed by atoms with Crippen LogP contribution >= 0.6 is 15.9 Å². The third kappa shape index (κ3) is 5.14. The van der Waals surface area contributed by atoms with Gasteiger partial charge in [0.15, 0.2) is 0 Å². The van der Waals surface area contributed by atoms with Crippen LogP contribution in [0.15, 0.2) is 30.3 Å². The number of halogens is 1. The average Bonchev–Trinajstić information content (AvgIpc) is 2.48. The number of aryl methyl sites for hydroxylation is 1. The highest BCUT2D eigenvalue weighted by Crippen LogP contribution is 2.33. The van der Waals surface area contributed by atoms with Crippen molar-refractivity contribution in [2.45, 2.75) is 57.4 Å². The number of benzene rings is 1. The lowest BCUT2D eigenvalue weighted by Crippen LogP contribution is -2.52. The summed E-state index contributed by atoms with van der Waals surface area (Å²) in [5.41, 5.74) is 1.30. The van der Waals surface area contributed by atoms with Crippen molar-refractivity contribution >= 4 is 21.8 Å². The van der Waals surface area contributed by atoms with E-state index in [9.17, 15) is 4.79 Å². The van der Waals surface area contributed by atoms with Crippen LogP contribution in [-0.4, -0.2) is 16.8 Å². The number of nitrogens with one attached hydrogen (secondary N) is 1. The molecule has 1 amide bonds. The van der Waals surface area contributed by atoms with Gasteiger partial charge in [0.05, 0.1) is 0 Å². The predicted octanol–water partition coefficient (Wildman–Crippen LogP) is 4.47. The molecular formula is C18H26BrNO. The molecule has 2 atom stereocenters. The quantitative estimate of drug-likeness (QED) is 0.752. The van der Waals surface area contributed by atoms with Gasteiger partial charge >= 0.3 is 0 Å². The normalized spacial score (nSPS) is 25.5. The Hall–Kier alpha value is -0.830. The van der Waals surface area contributed by atoms with Crippen molar-refractivity contribution in [3.05, 3.63) is 35.9 Å². The Kier molecular flexibility index (Phi) is 6.28. The van der Waals surface area contributed by atoms with E-state index >= 15 is 0 Å². The summed E-state index contributed by atoms with van der Waals surface area (Å²) in [6.45, 7) is 2.29. The molecule has 1 saturated carbocycles. The topological polar surface area (TPSA) is 29.1 Å². The number of alkyl halides is 1. The summed E-state index contributed by atoms with van der Waals surface area (Å²) in [5, 5.41) is 4.18. The van der Waals surface area contributed by atoms with E-state index in [1.807, 2.05) is 6.07 Å². The van der Waals surface area contributed by atoms with Crippen LogP contribution in [0.4, 0.5) is 0 Å². The van der Waals surface area contributed by atoms with Crippen LogP contribution in [0, 0.1) is 5.92 Å². The SMILES string of the molecule is CC1CCCC(CBr)(NC(=O)CCCc2ccccc2)C1. The van der Waals surface area contributed by atoms with Crippen molar-refractivity contribution in [3.63, 3.8) is 0 Å². The van der Waals surface area contributed by atoms with Crippen molar-refractivity contribution in [2.24, 2.45) is 5.92 Å². The molecule has 0 heterocycles. The zero-order valence-corrected chi connectivity index (χ0v) is 14.5. The highest BCUT2D eigenvalue weighted by Gasteiger charge is 2.35. The minimum Gasteiger partial charge on any atom is -0.350 e. The van der Waals surface area contributed by atoms with Gasteiger partial charge in [0, 0.05) is 17.3 Å². The summed E-state index contributed by atoms with van der Waals surface area (Å²) in [7, 11) is 0. The maximum absolute atomic E-state index is 12.2. The van der Waals surface area contributed by atoms with Crippen molar-refractivity contribution in [1.82, 2.24) is 5.32 Å². The minimum atomic E-state index is -0.0124. The molecule has 1 aromatic rings. The van der Waals surface area contributed by atoms with Gasteiger partial charge in [0.1, 0.15) is 0 Å². The standard InChI is InChI=1S/C18H26BrNO/c1-15-7-6-12-18(13-15,14-19)20-17(21)11-5-10-16-8-3-2-4-9-16/h2-4,8-9,15H,5-7,10-14H2,1H3,(H,20,21). The molecule has 3 heteroatoms. The zero-order chi connectivity index (χ0) is 15.1. The minimum absolute atomic E-state index is 0.0124. The van der Waals surface area contributed by atoms with Gasteiger partial charge in [0.2, 0.25) is 5.91 Å². The molecule has 1 aliphatic rings. The number of carbonyl (C=O) groups excluding carboxylic acids is 1. The number of amides is 1. The Bertz CT molecular complexity index is 448. The summed E-state index contributed by atoms with van der Waals surface area (Å²) in [5.74, 6) is 0.917. The number of hydrogen-bond acceptors (Lipinski definition) is 1. The monoisotopic (exact) mass is 351 g/mol. The molecule has 0 saturated heterocycles. The van der Waals surface area contributed by atoms with Gasteiger partial charge in [-0.2, -0.15) is 0 Å². The van der Waals surface area contributed by atoms with Crippen LogP contribution in [0.25, 0.3) is 0 Å². The third-order valence-electron chi connectivity index (χ3n) is 4.46. The molecule has 2 unspecified atom stereocenters. The molecule has 2 nitrogen and oxygen atoms in total. The first-order chi connectivity index (χ1) is 10.1. The van der Waals surface area contributed by atoms with Crippen molar-refractivity contribution in [1.29, 1.82) is 0 Å². The summed E-state index contributed by atoms with van der Waals surface area (Å²) in [4.78, 5) is 12.2. The van der Waals surface area contributed by atoms with E-state index < -0.39 is 0 Å². The van der Waals surface area contributed by atoms with Crippen molar-refractivity contribution in [2.75, 3.05) is 5.33 Å². The van der Waals surface area contributed by atoms with E-state index in [1.165, 1.54) is 18.4 Å². The molecule has 0 bridgehead atoms. The maximum atomic E-state index is 12.2. The molecule has 1 fully saturated rings. The molecule has 0 radical (unpaired) electrons. The van der Waals surface area contributed by atoms with Gasteiger partial charge in [-0.15, -0.1) is 0 Å². The second-order valence-electron chi connectivity index (χ2n) is 6.50. The second-order valence-corrected chi connectivity index (χ2v) is 7.06. The predicted molar refractivity (Wildman–Crippen MR) is 91.7 cm³/mol. The van der Waals surface area contributed by atoms with Gasteiger partial charge in [0.25, 0.3) is 0 Å². The molecule has 0 spiro atoms. The van der Waals surface area contributed by atoms with E-state index in [-0.39, 0.29) is 11.4 Å². The van der Waals surface area contributed by atoms with Gasteiger partial charge in [-0.1, -0.05) is 66.0 Å². The van der Waals surface area contributed by atoms with Crippen LogP contribution in [0.3, 0.4) is 0 Å². The smallest absolute Gasteiger partial charge is 0.220 e. The summed E-state index contributed by atoms with van der Waals surface area (Å²) in [6.07, 6.45) is 7.24. The molecule has 116 valence electrons. The van der Waals surface area contributed by atoms with E-state index in [0.29, 0.717) is 12.3 Å². The fourth-order valence-corrected chi connectivity index (χ4v) is 4.03. The Morgan fingerprint density at radius 1 is 1.38 bits per heavy atom. The fraction of sp³-hybridized carbons (Fsp3) is 0.611. The number of carbonyl (C=O) groups is 1. The van der Waals surface area contributed by atoms with Gasteiger partial charge in [-0.05, 0) is 37.2 Å². The largest absolute Gasteiger partial charge is 0.350 e. The molecule has 0 aliphatic heterocycles. The molecule has 0 aromatic heterocycles. The molecule has 21 heavy (non-hydrogen) atoms. The first-order valence-electron chi connectivity index (χ1n) is 8.04. The first-order valence-corrected chi connectivity index (χ1v) is 9.17. The van der Waals surface area contributed by atoms with E-state index in [1.54, 1.807) is 0 Å². The summed E-state index contributed by atoms with van der Waals surface area (Å²) in [6, 6.07) is 10.4. The average molecular weight is 352 g/mol. The fourth-order valence-electron chi connectivity index (χ4n) is 3.38. The maximum Gasteiger partial charge on any atom is 0.220 e. The molecule has 2 rings (SSSR count). The Labute approximate surface area is 136 Å². The Morgan fingerprint density at radius 2 is 2.14 bits per heavy atom. The van der Waals surface area contributed by atoms with Crippen LogP contribution in [0.1, 0.15) is 51.0 Å². The zero-order valence-electron chi connectivity index (χ0n) is 12.9. The Balaban J connectivity index is 1.77. The van der Waals surface area contributed by atoms with Crippen LogP contribution in [-0.2, 0) is 11.2 Å². The molecule has 1 N–H and O–H groups in total. The van der Waals surface area contributed by atoms with Crippen LogP contribution in [0.2, 0.25) is 0 Å². The highest BCUT2D eigenvalue weighted by molar-refractivity contribution is 9.09. The number of hydrogen-bond donors (Lipinski definition) is 1. The van der Waals surface area contributed by atoms with E-state index in [2.05, 4.69) is 52.4 Å². The van der Waals surface area contributed by atoms with E-state index in [0.717, 1.165) is 31.0 Å². The molecule has 1 aromatic carbocycles. The molecular weight excluding hydrogens is 326 g/mol. The summed E-state index contributed by atoms with van der Waals surface area (Å²) < 4.78 is 0. The summed E-state index contributed by atoms with van der Waals surface area (Å²) >= 11 is 3.61. The number of rotatable bonds is 6.